The number of aromatic carboxylic acids is 1. The first-order valence-electron chi connectivity index (χ1n) is 7.04. The smallest absolute Gasteiger partial charge is 0.354 e. The number of carboxylic acids is 1. The summed E-state index contributed by atoms with van der Waals surface area (Å²) in [5, 5.41) is 11.6. The lowest BCUT2D eigenvalue weighted by atomic mass is 9.87. The zero-order valence-corrected chi connectivity index (χ0v) is 12.5. The van der Waals surface area contributed by atoms with Crippen molar-refractivity contribution in [1.82, 2.24) is 4.98 Å². The Morgan fingerprint density at radius 2 is 1.77 bits per heavy atom. The molecule has 5 heteroatoms. The van der Waals surface area contributed by atoms with Crippen molar-refractivity contribution in [1.29, 1.82) is 0 Å². The van der Waals surface area contributed by atoms with Crippen LogP contribution in [0.15, 0.2) is 48.7 Å². The van der Waals surface area contributed by atoms with Crippen LogP contribution in [-0.4, -0.2) is 22.0 Å². The average Bonchev–Trinajstić information content (AvgIpc) is 2.48. The van der Waals surface area contributed by atoms with Crippen molar-refractivity contribution in [2.75, 3.05) is 5.32 Å². The predicted octanol–water partition coefficient (Wildman–Crippen LogP) is 3.16. The van der Waals surface area contributed by atoms with E-state index in [0.29, 0.717) is 5.69 Å². The van der Waals surface area contributed by atoms with E-state index >= 15 is 0 Å². The molecule has 1 aromatic carbocycles. The summed E-state index contributed by atoms with van der Waals surface area (Å²) >= 11 is 0. The van der Waals surface area contributed by atoms with Crippen LogP contribution in [-0.2, 0) is 4.79 Å². The highest BCUT2D eigenvalue weighted by molar-refractivity contribution is 5.96. The molecule has 0 saturated heterocycles. The van der Waals surface area contributed by atoms with Crippen molar-refractivity contribution in [3.05, 3.63) is 59.9 Å². The molecule has 1 aromatic heterocycles. The van der Waals surface area contributed by atoms with Crippen molar-refractivity contribution in [2.24, 2.45) is 5.92 Å². The van der Waals surface area contributed by atoms with Crippen LogP contribution < -0.4 is 5.32 Å². The van der Waals surface area contributed by atoms with Gasteiger partial charge in [0.25, 0.3) is 0 Å². The van der Waals surface area contributed by atoms with Crippen LogP contribution in [0.5, 0.6) is 0 Å². The first kappa shape index (κ1) is 15.7. The molecule has 1 atom stereocenters. The fourth-order valence-corrected chi connectivity index (χ4v) is 2.31. The lowest BCUT2D eigenvalue weighted by molar-refractivity contribution is -0.118. The largest absolute Gasteiger partial charge is 0.477 e. The Morgan fingerprint density at radius 3 is 2.27 bits per heavy atom. The van der Waals surface area contributed by atoms with Gasteiger partial charge in [-0.3, -0.25) is 4.79 Å². The van der Waals surface area contributed by atoms with Gasteiger partial charge in [-0.1, -0.05) is 44.2 Å². The van der Waals surface area contributed by atoms with E-state index in [1.165, 1.54) is 18.3 Å². The van der Waals surface area contributed by atoms with Crippen molar-refractivity contribution in [3.63, 3.8) is 0 Å². The van der Waals surface area contributed by atoms with Gasteiger partial charge in [-0.25, -0.2) is 9.78 Å². The molecular formula is C17H18N2O3. The standard InChI is InChI=1S/C17H18N2O3/c1-11(2)15(12-6-4-3-5-7-12)16(20)19-13-8-9-14(17(21)22)18-10-13/h3-11,15H,1-2H3,(H,19,20)(H,21,22)/t15-/m0/s1. The third-order valence-corrected chi connectivity index (χ3v) is 3.36. The minimum Gasteiger partial charge on any atom is -0.477 e. The number of carbonyl (C=O) groups is 2. The summed E-state index contributed by atoms with van der Waals surface area (Å²) in [6.45, 7) is 3.98. The highest BCUT2D eigenvalue weighted by Crippen LogP contribution is 2.25. The average molecular weight is 298 g/mol. The number of rotatable bonds is 5. The SMILES string of the molecule is CC(C)[C@H](C(=O)Nc1ccc(C(=O)O)nc1)c1ccccc1. The normalized spacial score (nSPS) is 12.0. The molecule has 0 bridgehead atoms. The third kappa shape index (κ3) is 3.69. The monoisotopic (exact) mass is 298 g/mol. The number of carboxylic acid groups (broad SMARTS) is 1. The third-order valence-electron chi connectivity index (χ3n) is 3.36. The molecule has 2 rings (SSSR count). The maximum Gasteiger partial charge on any atom is 0.354 e. The second-order valence-corrected chi connectivity index (χ2v) is 5.36. The van der Waals surface area contributed by atoms with Gasteiger partial charge in [0, 0.05) is 0 Å². The number of nitrogens with one attached hydrogen (secondary N) is 1. The molecule has 2 aromatic rings. The Kier molecular flexibility index (Phi) is 4.88. The lowest BCUT2D eigenvalue weighted by Gasteiger charge is -2.20. The van der Waals surface area contributed by atoms with Gasteiger partial charge >= 0.3 is 5.97 Å². The van der Waals surface area contributed by atoms with E-state index in [-0.39, 0.29) is 23.4 Å². The number of nitrogens with zero attached hydrogens (tertiary/aromatic N) is 1. The first-order chi connectivity index (χ1) is 10.5. The molecule has 1 heterocycles. The van der Waals surface area contributed by atoms with Crippen LogP contribution in [0.3, 0.4) is 0 Å². The van der Waals surface area contributed by atoms with Crippen LogP contribution in [0.1, 0.15) is 35.8 Å². The summed E-state index contributed by atoms with van der Waals surface area (Å²) in [5.74, 6) is -1.37. The van der Waals surface area contributed by atoms with E-state index in [4.69, 9.17) is 5.11 Å². The van der Waals surface area contributed by atoms with E-state index in [0.717, 1.165) is 5.56 Å². The topological polar surface area (TPSA) is 79.3 Å². The number of benzene rings is 1. The Bertz CT molecular complexity index is 651. The van der Waals surface area contributed by atoms with Gasteiger partial charge in [-0.15, -0.1) is 0 Å². The zero-order valence-electron chi connectivity index (χ0n) is 12.5. The fourth-order valence-electron chi connectivity index (χ4n) is 2.31. The molecule has 0 fully saturated rings. The number of carbonyl (C=O) groups excluding carboxylic acids is 1. The van der Waals surface area contributed by atoms with Gasteiger partial charge in [0.1, 0.15) is 5.69 Å². The summed E-state index contributed by atoms with van der Waals surface area (Å²) in [4.78, 5) is 27.1. The second-order valence-electron chi connectivity index (χ2n) is 5.36. The van der Waals surface area contributed by atoms with Gasteiger partial charge in [-0.2, -0.15) is 0 Å². The predicted molar refractivity (Wildman–Crippen MR) is 83.8 cm³/mol. The van der Waals surface area contributed by atoms with Gasteiger partial charge in [-0.05, 0) is 23.6 Å². The van der Waals surface area contributed by atoms with Crippen molar-refractivity contribution in [2.45, 2.75) is 19.8 Å². The minimum absolute atomic E-state index is 0.0542. The molecular weight excluding hydrogens is 280 g/mol. The molecule has 0 aliphatic rings. The molecule has 0 unspecified atom stereocenters. The zero-order chi connectivity index (χ0) is 16.1. The minimum atomic E-state index is -1.10. The summed E-state index contributed by atoms with van der Waals surface area (Å²) in [5.41, 5.74) is 1.38. The maximum atomic E-state index is 12.5. The van der Waals surface area contributed by atoms with Crippen LogP contribution in [0, 0.1) is 5.92 Å². The van der Waals surface area contributed by atoms with E-state index < -0.39 is 5.97 Å². The number of anilines is 1. The van der Waals surface area contributed by atoms with E-state index in [1.807, 2.05) is 44.2 Å². The number of pyridine rings is 1. The lowest BCUT2D eigenvalue weighted by Crippen LogP contribution is -2.25. The molecule has 5 nitrogen and oxygen atoms in total. The molecule has 0 aliphatic heterocycles. The number of aromatic nitrogens is 1. The van der Waals surface area contributed by atoms with Crippen molar-refractivity contribution < 1.29 is 14.7 Å². The van der Waals surface area contributed by atoms with Crippen LogP contribution in [0.4, 0.5) is 5.69 Å². The fraction of sp³-hybridized carbons (Fsp3) is 0.235. The first-order valence-corrected chi connectivity index (χ1v) is 7.04. The summed E-state index contributed by atoms with van der Waals surface area (Å²) in [6.07, 6.45) is 1.35. The van der Waals surface area contributed by atoms with E-state index in [1.54, 1.807) is 0 Å². The van der Waals surface area contributed by atoms with Crippen molar-refractivity contribution in [3.8, 4) is 0 Å². The van der Waals surface area contributed by atoms with Gasteiger partial charge in [0.05, 0.1) is 17.8 Å². The Balaban J connectivity index is 2.16. The van der Waals surface area contributed by atoms with Gasteiger partial charge in [0.2, 0.25) is 5.91 Å². The number of hydrogen-bond donors (Lipinski definition) is 2. The molecule has 0 radical (unpaired) electrons. The maximum absolute atomic E-state index is 12.5. The van der Waals surface area contributed by atoms with Crippen molar-refractivity contribution >= 4 is 17.6 Å². The molecule has 0 saturated carbocycles. The van der Waals surface area contributed by atoms with E-state index in [2.05, 4.69) is 10.3 Å². The van der Waals surface area contributed by atoms with Crippen LogP contribution in [0.25, 0.3) is 0 Å². The number of hydrogen-bond acceptors (Lipinski definition) is 3. The molecule has 1 amide bonds. The summed E-state index contributed by atoms with van der Waals surface area (Å²) in [7, 11) is 0. The molecule has 2 N–H and O–H groups in total. The second kappa shape index (κ2) is 6.85. The Morgan fingerprint density at radius 1 is 1.09 bits per heavy atom. The van der Waals surface area contributed by atoms with Gasteiger partial charge in [0.15, 0.2) is 0 Å². The molecule has 22 heavy (non-hydrogen) atoms. The highest BCUT2D eigenvalue weighted by Gasteiger charge is 2.24. The summed E-state index contributed by atoms with van der Waals surface area (Å²) in [6, 6.07) is 12.5. The quantitative estimate of drug-likeness (QED) is 0.888. The number of amides is 1. The van der Waals surface area contributed by atoms with E-state index in [9.17, 15) is 9.59 Å². The molecule has 114 valence electrons. The molecule has 0 spiro atoms. The Labute approximate surface area is 129 Å². The van der Waals surface area contributed by atoms with Gasteiger partial charge < -0.3 is 10.4 Å². The highest BCUT2D eigenvalue weighted by atomic mass is 16.4. The summed E-state index contributed by atoms with van der Waals surface area (Å²) < 4.78 is 0. The van der Waals surface area contributed by atoms with Crippen LogP contribution >= 0.6 is 0 Å². The van der Waals surface area contributed by atoms with Crippen LogP contribution in [0.2, 0.25) is 0 Å². The molecule has 0 aliphatic carbocycles. The Hall–Kier alpha value is -2.69.